The fourth-order valence-electron chi connectivity index (χ4n) is 2.05. The van der Waals surface area contributed by atoms with Crippen molar-refractivity contribution in [1.82, 2.24) is 0 Å². The number of benzene rings is 1. The average Bonchev–Trinajstić information content (AvgIpc) is 2.82. The van der Waals surface area contributed by atoms with E-state index < -0.39 is 0 Å². The minimum atomic E-state index is -0.204. The molecular formula is C15H19BrN2O2S. The van der Waals surface area contributed by atoms with Crippen LogP contribution < -0.4 is 26.4 Å². The van der Waals surface area contributed by atoms with Crippen LogP contribution in [0.25, 0.3) is 11.3 Å². The molecule has 114 valence electrons. The zero-order valence-corrected chi connectivity index (χ0v) is 14.8. The van der Waals surface area contributed by atoms with Gasteiger partial charge in [0.2, 0.25) is 0 Å². The molecule has 4 nitrogen and oxygen atoms in total. The van der Waals surface area contributed by atoms with Gasteiger partial charge in [-0.25, -0.2) is 14.3 Å². The highest BCUT2D eigenvalue weighted by Gasteiger charge is 2.22. The van der Waals surface area contributed by atoms with Crippen LogP contribution in [0.3, 0.4) is 0 Å². The van der Waals surface area contributed by atoms with Gasteiger partial charge in [-0.3, -0.25) is 0 Å². The lowest BCUT2D eigenvalue weighted by Gasteiger charge is -2.10. The zero-order valence-electron chi connectivity index (χ0n) is 12.4. The van der Waals surface area contributed by atoms with Crippen molar-refractivity contribution in [2.45, 2.75) is 6.92 Å². The third-order valence-corrected chi connectivity index (χ3v) is 4.13. The molecule has 2 rings (SSSR count). The molecule has 2 aromatic rings. The Hall–Kier alpha value is -1.40. The van der Waals surface area contributed by atoms with Gasteiger partial charge in [0.1, 0.15) is 5.69 Å². The van der Waals surface area contributed by atoms with Gasteiger partial charge in [0.25, 0.3) is 0 Å². The summed E-state index contributed by atoms with van der Waals surface area (Å²) in [5.74, 6) is -0.204. The third kappa shape index (κ3) is 4.28. The number of likely N-dealkylation sites (N-methyl/N-ethyl adjacent to an activating group) is 1. The molecule has 0 unspecified atom stereocenters. The van der Waals surface area contributed by atoms with Gasteiger partial charge in [-0.1, -0.05) is 41.7 Å². The third-order valence-electron chi connectivity index (χ3n) is 2.99. The lowest BCUT2D eigenvalue weighted by molar-refractivity contribution is -0.643. The number of hydrogen-bond donors (Lipinski definition) is 0. The van der Waals surface area contributed by atoms with Crippen molar-refractivity contribution < 1.29 is 31.1 Å². The molecule has 0 aliphatic rings. The highest BCUT2D eigenvalue weighted by Crippen LogP contribution is 2.24. The summed E-state index contributed by atoms with van der Waals surface area (Å²) in [4.78, 5) is 13.5. The normalized spacial score (nSPS) is 9.86. The first kappa shape index (κ1) is 17.7. The molecule has 0 radical (unpaired) electrons. The Kier molecular flexibility index (Phi) is 6.84. The van der Waals surface area contributed by atoms with Crippen LogP contribution in [0.5, 0.6) is 0 Å². The number of nitrogens with zero attached hydrogens (tertiary/aromatic N) is 2. The van der Waals surface area contributed by atoms with Crippen LogP contribution in [0.15, 0.2) is 35.7 Å². The summed E-state index contributed by atoms with van der Waals surface area (Å²) < 4.78 is 7.08. The fraction of sp³-hybridized carbons (Fsp3) is 0.333. The van der Waals surface area contributed by atoms with E-state index in [1.165, 1.54) is 5.56 Å². The summed E-state index contributed by atoms with van der Waals surface area (Å²) in [6.07, 6.45) is 0. The summed E-state index contributed by atoms with van der Waals surface area (Å²) >= 11 is 1.62. The molecule has 1 aromatic heterocycles. The smallest absolute Gasteiger partial charge is 0.348 e. The van der Waals surface area contributed by atoms with Crippen LogP contribution in [0.2, 0.25) is 0 Å². The number of halogens is 1. The topological polar surface area (TPSA) is 33.4 Å². The van der Waals surface area contributed by atoms with Gasteiger partial charge in [-0.05, 0) is 6.92 Å². The molecule has 0 aliphatic carbocycles. The number of carbonyl (C=O) groups is 1. The van der Waals surface area contributed by atoms with E-state index in [1.807, 2.05) is 44.1 Å². The van der Waals surface area contributed by atoms with Crippen molar-refractivity contribution in [1.29, 1.82) is 0 Å². The second-order valence-electron chi connectivity index (χ2n) is 4.49. The van der Waals surface area contributed by atoms with Crippen molar-refractivity contribution in [3.8, 4) is 11.3 Å². The number of hydrogen-bond acceptors (Lipinski definition) is 4. The van der Waals surface area contributed by atoms with E-state index in [2.05, 4.69) is 22.1 Å². The van der Waals surface area contributed by atoms with Crippen molar-refractivity contribution in [2.75, 3.05) is 25.1 Å². The minimum absolute atomic E-state index is 0. The number of ether oxygens (including phenoxy) is 1. The average molecular weight is 371 g/mol. The number of esters is 1. The summed E-state index contributed by atoms with van der Waals surface area (Å²) in [5, 5.41) is 3.13. The molecule has 0 saturated carbocycles. The first-order valence-electron chi connectivity index (χ1n) is 6.53. The number of carbonyl (C=O) groups excluding carboxylic acids is 1. The fourth-order valence-corrected chi connectivity index (χ4v) is 3.07. The maximum atomic E-state index is 11.5. The zero-order chi connectivity index (χ0) is 14.5. The molecule has 1 heterocycles. The van der Waals surface area contributed by atoms with Gasteiger partial charge in [-0.2, -0.15) is 0 Å². The van der Waals surface area contributed by atoms with Crippen molar-refractivity contribution >= 4 is 22.4 Å². The van der Waals surface area contributed by atoms with Gasteiger partial charge in [0, 0.05) is 10.9 Å². The second kappa shape index (κ2) is 8.14. The largest absolute Gasteiger partial charge is 1.00 e. The predicted octanol–water partition coefficient (Wildman–Crippen LogP) is -0.757. The number of aromatic nitrogens is 1. The molecule has 6 heteroatoms. The summed E-state index contributed by atoms with van der Waals surface area (Å²) in [6, 6.07) is 10.2. The van der Waals surface area contributed by atoms with E-state index in [-0.39, 0.29) is 29.5 Å². The van der Waals surface area contributed by atoms with Crippen LogP contribution in [-0.2, 0) is 16.6 Å². The molecule has 0 saturated heterocycles. The Bertz CT molecular complexity index is 587. The number of thiazole rings is 1. The van der Waals surface area contributed by atoms with E-state index in [1.54, 1.807) is 11.3 Å². The standard InChI is InChI=1S/C15H19N2O2S.BrH/c1-4-19-14(18)10-16(2)15-17(3)13(11-20-15)12-8-6-5-7-9-12;/h5-9,11H,4,10H2,1-3H3;1H/q+1;/p-1. The van der Waals surface area contributed by atoms with Gasteiger partial charge in [0.05, 0.1) is 20.7 Å². The van der Waals surface area contributed by atoms with Crippen LogP contribution in [-0.4, -0.2) is 26.2 Å². The SMILES string of the molecule is CCOC(=O)CN(C)c1scc(-c2ccccc2)[n+]1C.[Br-]. The van der Waals surface area contributed by atoms with Gasteiger partial charge in [0.15, 0.2) is 6.54 Å². The molecule has 0 N–H and O–H groups in total. The van der Waals surface area contributed by atoms with Gasteiger partial charge >= 0.3 is 11.1 Å². The van der Waals surface area contributed by atoms with Crippen molar-refractivity contribution in [2.24, 2.45) is 7.05 Å². The predicted molar refractivity (Wildman–Crippen MR) is 80.8 cm³/mol. The molecule has 1 aromatic carbocycles. The van der Waals surface area contributed by atoms with Crippen LogP contribution in [0.4, 0.5) is 5.13 Å². The van der Waals surface area contributed by atoms with Crippen LogP contribution in [0.1, 0.15) is 6.92 Å². The van der Waals surface area contributed by atoms with E-state index in [0.717, 1.165) is 10.8 Å². The molecule has 0 spiro atoms. The van der Waals surface area contributed by atoms with Crippen molar-refractivity contribution in [3.05, 3.63) is 35.7 Å². The quantitative estimate of drug-likeness (QED) is 0.512. The first-order chi connectivity index (χ1) is 9.63. The maximum absolute atomic E-state index is 11.5. The highest BCUT2D eigenvalue weighted by atomic mass is 79.9. The molecule has 0 aliphatic heterocycles. The van der Waals surface area contributed by atoms with Crippen molar-refractivity contribution in [3.63, 3.8) is 0 Å². The lowest BCUT2D eigenvalue weighted by Crippen LogP contribution is -3.00. The summed E-state index contributed by atoms with van der Waals surface area (Å²) in [6.45, 7) is 2.49. The summed E-state index contributed by atoms with van der Waals surface area (Å²) in [5.41, 5.74) is 2.31. The molecule has 21 heavy (non-hydrogen) atoms. The van der Waals surface area contributed by atoms with Gasteiger partial charge < -0.3 is 21.7 Å². The molecule has 0 fully saturated rings. The molecule has 0 bridgehead atoms. The summed E-state index contributed by atoms with van der Waals surface area (Å²) in [7, 11) is 3.91. The van der Waals surface area contributed by atoms with E-state index in [9.17, 15) is 4.79 Å². The van der Waals surface area contributed by atoms with E-state index in [4.69, 9.17) is 4.74 Å². The maximum Gasteiger partial charge on any atom is 0.348 e. The van der Waals surface area contributed by atoms with Gasteiger partial charge in [-0.15, -0.1) is 0 Å². The molecule has 0 atom stereocenters. The van der Waals surface area contributed by atoms with E-state index in [0.29, 0.717) is 6.61 Å². The number of anilines is 1. The Labute approximate surface area is 139 Å². The Morgan fingerprint density at radius 2 is 2.00 bits per heavy atom. The Morgan fingerprint density at radius 3 is 2.62 bits per heavy atom. The lowest BCUT2D eigenvalue weighted by atomic mass is 10.2. The first-order valence-corrected chi connectivity index (χ1v) is 7.41. The second-order valence-corrected chi connectivity index (χ2v) is 5.33. The van der Waals surface area contributed by atoms with Crippen LogP contribution in [0, 0.1) is 0 Å². The molecule has 0 amide bonds. The number of rotatable bonds is 5. The molecular weight excluding hydrogens is 352 g/mol. The monoisotopic (exact) mass is 370 g/mol. The Balaban J connectivity index is 0.00000220. The minimum Gasteiger partial charge on any atom is -1.00 e. The van der Waals surface area contributed by atoms with E-state index >= 15 is 0 Å². The van der Waals surface area contributed by atoms with Crippen LogP contribution >= 0.6 is 11.3 Å². The highest BCUT2D eigenvalue weighted by molar-refractivity contribution is 7.13. The Morgan fingerprint density at radius 1 is 1.33 bits per heavy atom.